The third-order valence-electron chi connectivity index (χ3n) is 4.12. The van der Waals surface area contributed by atoms with E-state index < -0.39 is 0 Å². The highest BCUT2D eigenvalue weighted by molar-refractivity contribution is 5.94. The van der Waals surface area contributed by atoms with Crippen molar-refractivity contribution in [3.63, 3.8) is 0 Å². The van der Waals surface area contributed by atoms with Crippen LogP contribution in [0.3, 0.4) is 0 Å². The van der Waals surface area contributed by atoms with E-state index in [9.17, 15) is 4.79 Å². The first-order valence-electron chi connectivity index (χ1n) is 8.23. The molecule has 1 fully saturated rings. The fourth-order valence-corrected chi connectivity index (χ4v) is 2.91. The number of ether oxygens (including phenoxy) is 1. The first-order valence-corrected chi connectivity index (χ1v) is 8.23. The fourth-order valence-electron chi connectivity index (χ4n) is 2.91. The molecule has 126 valence electrons. The van der Waals surface area contributed by atoms with E-state index in [4.69, 9.17) is 10.5 Å². The van der Waals surface area contributed by atoms with Crippen molar-refractivity contribution in [1.82, 2.24) is 4.90 Å². The highest BCUT2D eigenvalue weighted by Crippen LogP contribution is 2.18. The van der Waals surface area contributed by atoms with Crippen molar-refractivity contribution in [2.45, 2.75) is 19.1 Å². The molecule has 5 heteroatoms. The van der Waals surface area contributed by atoms with Gasteiger partial charge in [0.05, 0.1) is 30.5 Å². The Morgan fingerprint density at radius 1 is 1.17 bits per heavy atom. The molecule has 1 heterocycles. The van der Waals surface area contributed by atoms with Gasteiger partial charge in [0.25, 0.3) is 0 Å². The molecule has 0 radical (unpaired) electrons. The number of rotatable bonds is 5. The Morgan fingerprint density at radius 3 is 2.71 bits per heavy atom. The normalized spacial score (nSPS) is 18.2. The van der Waals surface area contributed by atoms with Crippen LogP contribution in [0.4, 0.5) is 11.4 Å². The van der Waals surface area contributed by atoms with Crippen molar-refractivity contribution in [1.29, 1.82) is 0 Å². The van der Waals surface area contributed by atoms with Gasteiger partial charge in [-0.15, -0.1) is 0 Å². The summed E-state index contributed by atoms with van der Waals surface area (Å²) in [4.78, 5) is 14.6. The summed E-state index contributed by atoms with van der Waals surface area (Å²) in [5.41, 5.74) is 8.36. The van der Waals surface area contributed by atoms with Gasteiger partial charge in [0, 0.05) is 19.6 Å². The summed E-state index contributed by atoms with van der Waals surface area (Å²) < 4.78 is 5.75. The van der Waals surface area contributed by atoms with Crippen molar-refractivity contribution >= 4 is 17.3 Å². The lowest BCUT2D eigenvalue weighted by atomic mass is 10.1. The zero-order chi connectivity index (χ0) is 16.8. The van der Waals surface area contributed by atoms with Crippen LogP contribution in [0, 0.1) is 0 Å². The van der Waals surface area contributed by atoms with Crippen molar-refractivity contribution in [3.05, 3.63) is 60.2 Å². The second-order valence-corrected chi connectivity index (χ2v) is 6.05. The van der Waals surface area contributed by atoms with E-state index in [1.807, 2.05) is 30.3 Å². The Hall–Kier alpha value is -2.37. The van der Waals surface area contributed by atoms with Gasteiger partial charge < -0.3 is 15.8 Å². The van der Waals surface area contributed by atoms with Gasteiger partial charge in [0.1, 0.15) is 0 Å². The summed E-state index contributed by atoms with van der Waals surface area (Å²) in [6.45, 7) is 3.18. The van der Waals surface area contributed by atoms with E-state index in [1.54, 1.807) is 12.1 Å². The standard InChI is InChI=1S/C19H23N3O2/c20-17-8-4-5-9-18(17)21-19(23)12-16-14-22(10-11-24-16)13-15-6-2-1-3-7-15/h1-9,16H,10-14,20H2,(H,21,23). The van der Waals surface area contributed by atoms with Crippen LogP contribution in [0.25, 0.3) is 0 Å². The molecular formula is C19H23N3O2. The van der Waals surface area contributed by atoms with Crippen molar-refractivity contribution in [2.24, 2.45) is 0 Å². The largest absolute Gasteiger partial charge is 0.397 e. The minimum absolute atomic E-state index is 0.0699. The molecule has 1 saturated heterocycles. The number of benzene rings is 2. The van der Waals surface area contributed by atoms with Crippen LogP contribution in [0.15, 0.2) is 54.6 Å². The van der Waals surface area contributed by atoms with Gasteiger partial charge in [-0.1, -0.05) is 42.5 Å². The number of morpholine rings is 1. The molecular weight excluding hydrogens is 302 g/mol. The number of amides is 1. The lowest BCUT2D eigenvalue weighted by Crippen LogP contribution is -2.43. The molecule has 1 unspecified atom stereocenters. The summed E-state index contributed by atoms with van der Waals surface area (Å²) in [7, 11) is 0. The minimum atomic E-state index is -0.0904. The van der Waals surface area contributed by atoms with Crippen LogP contribution in [-0.2, 0) is 16.1 Å². The SMILES string of the molecule is Nc1ccccc1NC(=O)CC1CN(Cc2ccccc2)CCO1. The Balaban J connectivity index is 1.51. The molecule has 0 bridgehead atoms. The molecule has 3 N–H and O–H groups in total. The summed E-state index contributed by atoms with van der Waals surface area (Å²) >= 11 is 0. The molecule has 1 aliphatic rings. The fraction of sp³-hybridized carbons (Fsp3) is 0.316. The number of carbonyl (C=O) groups excluding carboxylic acids is 1. The first kappa shape index (κ1) is 16.5. The van der Waals surface area contributed by atoms with Gasteiger partial charge >= 0.3 is 0 Å². The van der Waals surface area contributed by atoms with Gasteiger partial charge in [0.15, 0.2) is 0 Å². The number of nitrogens with one attached hydrogen (secondary N) is 1. The van der Waals surface area contributed by atoms with E-state index in [2.05, 4.69) is 22.3 Å². The van der Waals surface area contributed by atoms with Crippen LogP contribution < -0.4 is 11.1 Å². The van der Waals surface area contributed by atoms with E-state index >= 15 is 0 Å². The predicted molar refractivity (Wildman–Crippen MR) is 95.6 cm³/mol. The number of carbonyl (C=O) groups is 1. The molecule has 1 atom stereocenters. The second-order valence-electron chi connectivity index (χ2n) is 6.05. The number of hydrogen-bond acceptors (Lipinski definition) is 4. The van der Waals surface area contributed by atoms with E-state index in [-0.39, 0.29) is 12.0 Å². The quantitative estimate of drug-likeness (QED) is 0.829. The number of hydrogen-bond donors (Lipinski definition) is 2. The van der Waals surface area contributed by atoms with Crippen LogP contribution in [0.1, 0.15) is 12.0 Å². The lowest BCUT2D eigenvalue weighted by molar-refractivity contribution is -0.121. The summed E-state index contributed by atoms with van der Waals surface area (Å²) in [5, 5.41) is 2.86. The van der Waals surface area contributed by atoms with Crippen LogP contribution in [0.2, 0.25) is 0 Å². The van der Waals surface area contributed by atoms with E-state index in [1.165, 1.54) is 5.56 Å². The molecule has 0 aromatic heterocycles. The summed E-state index contributed by atoms with van der Waals surface area (Å²) in [6, 6.07) is 17.6. The molecule has 0 spiro atoms. The maximum Gasteiger partial charge on any atom is 0.227 e. The minimum Gasteiger partial charge on any atom is -0.397 e. The Kier molecular flexibility index (Phi) is 5.46. The van der Waals surface area contributed by atoms with Crippen molar-refractivity contribution < 1.29 is 9.53 Å². The average molecular weight is 325 g/mol. The number of anilines is 2. The molecule has 0 saturated carbocycles. The van der Waals surface area contributed by atoms with Gasteiger partial charge in [-0.25, -0.2) is 0 Å². The summed E-state index contributed by atoms with van der Waals surface area (Å²) in [6.07, 6.45) is 0.243. The Labute approximate surface area is 142 Å². The number of nitrogens with zero attached hydrogens (tertiary/aromatic N) is 1. The first-order chi connectivity index (χ1) is 11.7. The third-order valence-corrected chi connectivity index (χ3v) is 4.12. The average Bonchev–Trinajstić information content (AvgIpc) is 2.58. The van der Waals surface area contributed by atoms with Crippen LogP contribution in [0.5, 0.6) is 0 Å². The third kappa shape index (κ3) is 4.57. The molecule has 5 nitrogen and oxygen atoms in total. The smallest absolute Gasteiger partial charge is 0.227 e. The van der Waals surface area contributed by atoms with Crippen molar-refractivity contribution in [3.8, 4) is 0 Å². The highest BCUT2D eigenvalue weighted by atomic mass is 16.5. The maximum absolute atomic E-state index is 12.2. The Morgan fingerprint density at radius 2 is 1.92 bits per heavy atom. The second kappa shape index (κ2) is 7.95. The molecule has 24 heavy (non-hydrogen) atoms. The maximum atomic E-state index is 12.2. The van der Waals surface area contributed by atoms with E-state index in [0.29, 0.717) is 24.4 Å². The lowest BCUT2D eigenvalue weighted by Gasteiger charge is -2.32. The van der Waals surface area contributed by atoms with E-state index in [0.717, 1.165) is 19.6 Å². The molecule has 0 aliphatic carbocycles. The number of para-hydroxylation sites is 2. The summed E-state index contributed by atoms with van der Waals surface area (Å²) in [5.74, 6) is -0.0699. The van der Waals surface area contributed by atoms with Crippen LogP contribution >= 0.6 is 0 Å². The topological polar surface area (TPSA) is 67.6 Å². The van der Waals surface area contributed by atoms with Gasteiger partial charge in [0.2, 0.25) is 5.91 Å². The molecule has 2 aromatic carbocycles. The zero-order valence-electron chi connectivity index (χ0n) is 13.7. The van der Waals surface area contributed by atoms with Gasteiger partial charge in [-0.3, -0.25) is 9.69 Å². The highest BCUT2D eigenvalue weighted by Gasteiger charge is 2.23. The molecule has 1 amide bonds. The van der Waals surface area contributed by atoms with Gasteiger partial charge in [-0.05, 0) is 17.7 Å². The Bertz CT molecular complexity index is 675. The number of nitrogens with two attached hydrogens (primary N) is 1. The zero-order valence-corrected chi connectivity index (χ0v) is 13.7. The van der Waals surface area contributed by atoms with Crippen LogP contribution in [-0.4, -0.2) is 36.6 Å². The molecule has 1 aliphatic heterocycles. The predicted octanol–water partition coefficient (Wildman–Crippen LogP) is 2.50. The number of nitrogen functional groups attached to an aromatic ring is 1. The monoisotopic (exact) mass is 325 g/mol. The molecule has 2 aromatic rings. The van der Waals surface area contributed by atoms with Gasteiger partial charge in [-0.2, -0.15) is 0 Å². The van der Waals surface area contributed by atoms with Crippen molar-refractivity contribution in [2.75, 3.05) is 30.7 Å². The molecule has 3 rings (SSSR count).